The topological polar surface area (TPSA) is 87.5 Å². The fraction of sp³-hybridized carbons (Fsp3) is 0.304. The van der Waals surface area contributed by atoms with Gasteiger partial charge in [0.1, 0.15) is 0 Å². The molecule has 3 amide bonds. The number of carbonyl (C=O) groups excluding carboxylic acids is 2. The summed E-state index contributed by atoms with van der Waals surface area (Å²) >= 11 is 12.3. The molecule has 2 aromatic carbocycles. The predicted octanol–water partition coefficient (Wildman–Crippen LogP) is 5.25. The molecule has 4 N–H and O–H groups in total. The molecular weight excluding hydrogens is 435 g/mol. The van der Waals surface area contributed by atoms with Gasteiger partial charge < -0.3 is 21.3 Å². The third-order valence-electron chi connectivity index (χ3n) is 5.38. The van der Waals surface area contributed by atoms with E-state index in [0.29, 0.717) is 46.8 Å². The maximum Gasteiger partial charge on any atom is 0.321 e. The molecule has 164 valence electrons. The van der Waals surface area contributed by atoms with E-state index in [1.807, 2.05) is 24.3 Å². The van der Waals surface area contributed by atoms with Crippen LogP contribution in [0.15, 0.2) is 55.1 Å². The van der Waals surface area contributed by atoms with E-state index in [4.69, 9.17) is 28.9 Å². The number of halogens is 2. The first kappa shape index (κ1) is 23.1. The van der Waals surface area contributed by atoms with Crippen LogP contribution in [0.25, 0.3) is 0 Å². The van der Waals surface area contributed by atoms with Gasteiger partial charge in [-0.1, -0.05) is 47.5 Å². The summed E-state index contributed by atoms with van der Waals surface area (Å²) in [5.41, 5.74) is 8.12. The van der Waals surface area contributed by atoms with Crippen LogP contribution < -0.4 is 16.4 Å². The number of hydrogen-bond donors (Lipinski definition) is 3. The summed E-state index contributed by atoms with van der Waals surface area (Å²) in [4.78, 5) is 26.4. The number of likely N-dealkylation sites (tertiary alicyclic amines) is 1. The molecule has 1 atom stereocenters. The highest BCUT2D eigenvalue weighted by atomic mass is 35.5. The van der Waals surface area contributed by atoms with Crippen LogP contribution in [-0.2, 0) is 4.79 Å². The highest BCUT2D eigenvalue weighted by Gasteiger charge is 2.24. The van der Waals surface area contributed by atoms with E-state index < -0.39 is 6.04 Å². The molecule has 0 saturated carbocycles. The van der Waals surface area contributed by atoms with Crippen LogP contribution >= 0.6 is 23.2 Å². The summed E-state index contributed by atoms with van der Waals surface area (Å²) in [6.45, 7) is 4.86. The van der Waals surface area contributed by atoms with E-state index in [1.165, 1.54) is 5.56 Å². The van der Waals surface area contributed by atoms with Crippen molar-refractivity contribution in [3.8, 4) is 0 Å². The Morgan fingerprint density at radius 3 is 2.29 bits per heavy atom. The SMILES string of the molecule is C=CCC(N)C(=O)Nc1ccc(C2CCN(C(=O)Nc3c(Cl)cccc3Cl)CC2)cc1. The summed E-state index contributed by atoms with van der Waals surface area (Å²) < 4.78 is 0. The van der Waals surface area contributed by atoms with E-state index in [0.717, 1.165) is 12.8 Å². The van der Waals surface area contributed by atoms with Gasteiger partial charge in [-0.25, -0.2) is 4.79 Å². The van der Waals surface area contributed by atoms with Crippen molar-refractivity contribution in [2.24, 2.45) is 5.73 Å². The minimum absolute atomic E-state index is 0.206. The lowest BCUT2D eigenvalue weighted by Gasteiger charge is -2.32. The first-order valence-corrected chi connectivity index (χ1v) is 10.9. The average Bonchev–Trinajstić information content (AvgIpc) is 2.77. The van der Waals surface area contributed by atoms with E-state index in [-0.39, 0.29) is 11.9 Å². The second-order valence-electron chi connectivity index (χ2n) is 7.53. The lowest BCUT2D eigenvalue weighted by atomic mass is 9.89. The van der Waals surface area contributed by atoms with Gasteiger partial charge in [0.05, 0.1) is 21.8 Å². The summed E-state index contributed by atoms with van der Waals surface area (Å²) in [6, 6.07) is 12.1. The number of piperidine rings is 1. The number of para-hydroxylation sites is 1. The Hall–Kier alpha value is -2.54. The van der Waals surface area contributed by atoms with Gasteiger partial charge in [0.2, 0.25) is 5.91 Å². The molecule has 1 aliphatic rings. The van der Waals surface area contributed by atoms with Gasteiger partial charge in [-0.05, 0) is 55.0 Å². The van der Waals surface area contributed by atoms with E-state index in [9.17, 15) is 9.59 Å². The van der Waals surface area contributed by atoms with Crippen molar-refractivity contribution in [1.29, 1.82) is 0 Å². The van der Waals surface area contributed by atoms with Crippen LogP contribution in [0, 0.1) is 0 Å². The second kappa shape index (κ2) is 10.7. The molecular formula is C23H26Cl2N4O2. The standard InChI is InChI=1S/C23H26Cl2N4O2/c1-2-4-20(26)22(30)27-17-9-7-15(8-10-17)16-11-13-29(14-12-16)23(31)28-21-18(24)5-3-6-19(21)25/h2-3,5-10,16,20H,1,4,11-14,26H2,(H,27,30)(H,28,31). The van der Waals surface area contributed by atoms with Crippen LogP contribution in [0.2, 0.25) is 10.0 Å². The molecule has 31 heavy (non-hydrogen) atoms. The van der Waals surface area contributed by atoms with Crippen molar-refractivity contribution in [2.75, 3.05) is 23.7 Å². The Labute approximate surface area is 192 Å². The number of anilines is 2. The Kier molecular flexibility index (Phi) is 7.96. The highest BCUT2D eigenvalue weighted by molar-refractivity contribution is 6.39. The van der Waals surface area contributed by atoms with Crippen LogP contribution in [-0.4, -0.2) is 36.0 Å². The Morgan fingerprint density at radius 1 is 1.10 bits per heavy atom. The fourth-order valence-electron chi connectivity index (χ4n) is 3.58. The zero-order chi connectivity index (χ0) is 22.4. The van der Waals surface area contributed by atoms with Crippen LogP contribution in [0.3, 0.4) is 0 Å². The Bertz CT molecular complexity index is 921. The monoisotopic (exact) mass is 460 g/mol. The quantitative estimate of drug-likeness (QED) is 0.514. The maximum absolute atomic E-state index is 12.6. The van der Waals surface area contributed by atoms with E-state index in [2.05, 4.69) is 17.2 Å². The molecule has 3 rings (SSSR count). The third-order valence-corrected chi connectivity index (χ3v) is 6.01. The maximum atomic E-state index is 12.6. The van der Waals surface area contributed by atoms with Crippen molar-refractivity contribution in [3.05, 3.63) is 70.7 Å². The molecule has 0 aromatic heterocycles. The molecule has 0 aliphatic carbocycles. The van der Waals surface area contributed by atoms with Crippen molar-refractivity contribution in [1.82, 2.24) is 4.90 Å². The van der Waals surface area contributed by atoms with E-state index >= 15 is 0 Å². The lowest BCUT2D eigenvalue weighted by Crippen LogP contribution is -2.40. The Morgan fingerprint density at radius 2 is 1.71 bits per heavy atom. The number of rotatable bonds is 6. The first-order valence-electron chi connectivity index (χ1n) is 10.2. The minimum Gasteiger partial charge on any atom is -0.325 e. The van der Waals surface area contributed by atoms with Crippen molar-refractivity contribution >= 4 is 46.5 Å². The molecule has 6 nitrogen and oxygen atoms in total. The van der Waals surface area contributed by atoms with Crippen LogP contribution in [0.5, 0.6) is 0 Å². The molecule has 1 saturated heterocycles. The van der Waals surface area contributed by atoms with Crippen LogP contribution in [0.4, 0.5) is 16.2 Å². The number of hydrogen-bond acceptors (Lipinski definition) is 3. The van der Waals surface area contributed by atoms with Gasteiger partial charge in [-0.15, -0.1) is 6.58 Å². The van der Waals surface area contributed by atoms with Crippen LogP contribution in [0.1, 0.15) is 30.7 Å². The van der Waals surface area contributed by atoms with Crippen molar-refractivity contribution in [2.45, 2.75) is 31.2 Å². The molecule has 0 bridgehead atoms. The van der Waals surface area contributed by atoms with Crippen molar-refractivity contribution < 1.29 is 9.59 Å². The van der Waals surface area contributed by atoms with E-state index in [1.54, 1.807) is 29.2 Å². The fourth-order valence-corrected chi connectivity index (χ4v) is 4.07. The second-order valence-corrected chi connectivity index (χ2v) is 8.34. The van der Waals surface area contributed by atoms with Gasteiger partial charge in [0.15, 0.2) is 0 Å². The minimum atomic E-state index is -0.603. The highest BCUT2D eigenvalue weighted by Crippen LogP contribution is 2.32. The molecule has 1 aliphatic heterocycles. The number of urea groups is 1. The number of nitrogens with zero attached hydrogens (tertiary/aromatic N) is 1. The molecule has 0 radical (unpaired) electrons. The number of nitrogens with one attached hydrogen (secondary N) is 2. The summed E-state index contributed by atoms with van der Waals surface area (Å²) in [7, 11) is 0. The molecule has 2 aromatic rings. The zero-order valence-electron chi connectivity index (χ0n) is 17.1. The van der Waals surface area contributed by atoms with Gasteiger partial charge >= 0.3 is 6.03 Å². The zero-order valence-corrected chi connectivity index (χ0v) is 18.6. The Balaban J connectivity index is 1.53. The molecule has 8 heteroatoms. The van der Waals surface area contributed by atoms with Gasteiger partial charge in [0, 0.05) is 18.8 Å². The van der Waals surface area contributed by atoms with Gasteiger partial charge in [-0.3, -0.25) is 4.79 Å². The summed E-state index contributed by atoms with van der Waals surface area (Å²) in [6.07, 6.45) is 3.75. The number of nitrogens with two attached hydrogens (primary N) is 1. The third kappa shape index (κ3) is 6.00. The normalized spacial score (nSPS) is 15.3. The molecule has 1 unspecified atom stereocenters. The molecule has 1 fully saturated rings. The average molecular weight is 461 g/mol. The lowest BCUT2D eigenvalue weighted by molar-refractivity contribution is -0.117. The van der Waals surface area contributed by atoms with Gasteiger partial charge in [0.25, 0.3) is 0 Å². The molecule has 1 heterocycles. The summed E-state index contributed by atoms with van der Waals surface area (Å²) in [5.74, 6) is 0.117. The number of benzene rings is 2. The largest absolute Gasteiger partial charge is 0.325 e. The smallest absolute Gasteiger partial charge is 0.321 e. The summed E-state index contributed by atoms with van der Waals surface area (Å²) in [5, 5.41) is 6.45. The van der Waals surface area contributed by atoms with Crippen molar-refractivity contribution in [3.63, 3.8) is 0 Å². The molecule has 0 spiro atoms. The number of carbonyl (C=O) groups is 2. The van der Waals surface area contributed by atoms with Gasteiger partial charge in [-0.2, -0.15) is 0 Å². The first-order chi connectivity index (χ1) is 14.9. The number of amides is 3. The predicted molar refractivity (Wildman–Crippen MR) is 127 cm³/mol.